The van der Waals surface area contributed by atoms with E-state index in [0.717, 1.165) is 5.57 Å². The molecule has 0 heterocycles. The number of aliphatic hydroxyl groups excluding tert-OH is 1. The van der Waals surface area contributed by atoms with Crippen molar-refractivity contribution in [2.45, 2.75) is 25.3 Å². The first-order valence-corrected chi connectivity index (χ1v) is 7.94. The van der Waals surface area contributed by atoms with Crippen LogP contribution in [0.2, 0.25) is 0 Å². The molecule has 1 rings (SSSR count). The van der Waals surface area contributed by atoms with Crippen molar-refractivity contribution >= 4 is 26.0 Å². The van der Waals surface area contributed by atoms with E-state index in [0.29, 0.717) is 15.6 Å². The summed E-state index contributed by atoms with van der Waals surface area (Å²) < 4.78 is 26.9. The van der Waals surface area contributed by atoms with E-state index in [1.807, 2.05) is 0 Å². The Kier molecular flexibility index (Phi) is 5.32. The smallest absolute Gasteiger partial charge is 0.243 e. The predicted octanol–water partition coefficient (Wildman–Crippen LogP) is 2.45. The van der Waals surface area contributed by atoms with Gasteiger partial charge < -0.3 is 5.11 Å². The second kappa shape index (κ2) is 6.17. The molecule has 0 amide bonds. The molecule has 19 heavy (non-hydrogen) atoms. The molecule has 0 aliphatic rings. The van der Waals surface area contributed by atoms with Crippen LogP contribution in [-0.4, -0.2) is 31.4 Å². The lowest BCUT2D eigenvalue weighted by Crippen LogP contribution is -2.29. The van der Waals surface area contributed by atoms with Crippen molar-refractivity contribution in [3.8, 4) is 0 Å². The maximum Gasteiger partial charge on any atom is 0.243 e. The van der Waals surface area contributed by atoms with E-state index in [1.165, 1.54) is 17.4 Å². The molecule has 1 aromatic carbocycles. The summed E-state index contributed by atoms with van der Waals surface area (Å²) in [5.74, 6) is 0. The van der Waals surface area contributed by atoms with Crippen LogP contribution in [0.25, 0.3) is 0 Å². The van der Waals surface area contributed by atoms with E-state index < -0.39 is 10.0 Å². The van der Waals surface area contributed by atoms with Gasteiger partial charge in [-0.1, -0.05) is 28.1 Å². The van der Waals surface area contributed by atoms with Crippen LogP contribution in [0, 0.1) is 6.92 Å². The molecule has 0 aliphatic heterocycles. The monoisotopic (exact) mass is 347 g/mol. The van der Waals surface area contributed by atoms with Gasteiger partial charge in [0.15, 0.2) is 0 Å². The average Bonchev–Trinajstić information content (AvgIpc) is 2.31. The first kappa shape index (κ1) is 16.4. The molecule has 0 saturated heterocycles. The third kappa shape index (κ3) is 3.66. The Labute approximate surface area is 122 Å². The van der Waals surface area contributed by atoms with E-state index in [1.54, 1.807) is 19.9 Å². The van der Waals surface area contributed by atoms with Gasteiger partial charge in [-0.25, -0.2) is 8.42 Å². The third-order valence-corrected chi connectivity index (χ3v) is 5.47. The Morgan fingerprint density at radius 2 is 2.05 bits per heavy atom. The van der Waals surface area contributed by atoms with E-state index in [-0.39, 0.29) is 18.0 Å². The molecule has 1 N–H and O–H groups in total. The number of likely N-dealkylation sites (N-methyl/N-ethyl adjacent to an activating group) is 1. The number of rotatable bonds is 5. The van der Waals surface area contributed by atoms with Crippen LogP contribution < -0.4 is 0 Å². The molecular weight excluding hydrogens is 330 g/mol. The Bertz CT molecular complexity index is 596. The lowest BCUT2D eigenvalue weighted by Gasteiger charge is -2.19. The molecule has 0 atom stereocenters. The quantitative estimate of drug-likeness (QED) is 0.832. The average molecular weight is 348 g/mol. The number of hydrogen-bond donors (Lipinski definition) is 1. The SMILES string of the molecule is C=C(C)CN(C)S(=O)(=O)c1cc(CO)cc(Br)c1C. The van der Waals surface area contributed by atoms with E-state index >= 15 is 0 Å². The maximum absolute atomic E-state index is 12.5. The summed E-state index contributed by atoms with van der Waals surface area (Å²) in [5, 5.41) is 9.18. The molecule has 4 nitrogen and oxygen atoms in total. The van der Waals surface area contributed by atoms with Gasteiger partial charge in [-0.05, 0) is 37.1 Å². The lowest BCUT2D eigenvalue weighted by atomic mass is 10.2. The van der Waals surface area contributed by atoms with Crippen LogP contribution >= 0.6 is 15.9 Å². The normalized spacial score (nSPS) is 11.9. The Morgan fingerprint density at radius 1 is 1.47 bits per heavy atom. The van der Waals surface area contributed by atoms with Gasteiger partial charge in [0.05, 0.1) is 11.5 Å². The predicted molar refractivity (Wildman–Crippen MR) is 79.4 cm³/mol. The second-order valence-electron chi connectivity index (χ2n) is 4.58. The Balaban J connectivity index is 3.35. The molecule has 0 fully saturated rings. The van der Waals surface area contributed by atoms with Crippen LogP contribution in [-0.2, 0) is 16.6 Å². The molecule has 0 unspecified atom stereocenters. The Morgan fingerprint density at radius 3 is 2.53 bits per heavy atom. The summed E-state index contributed by atoms with van der Waals surface area (Å²) in [6, 6.07) is 3.22. The van der Waals surface area contributed by atoms with Crippen molar-refractivity contribution in [2.24, 2.45) is 0 Å². The summed E-state index contributed by atoms with van der Waals surface area (Å²) in [7, 11) is -2.07. The van der Waals surface area contributed by atoms with Crippen molar-refractivity contribution in [1.29, 1.82) is 0 Å². The number of sulfonamides is 1. The summed E-state index contributed by atoms with van der Waals surface area (Å²) in [6.07, 6.45) is 0. The van der Waals surface area contributed by atoms with Gasteiger partial charge >= 0.3 is 0 Å². The lowest BCUT2D eigenvalue weighted by molar-refractivity contribution is 0.281. The van der Waals surface area contributed by atoms with E-state index in [4.69, 9.17) is 0 Å². The highest BCUT2D eigenvalue weighted by atomic mass is 79.9. The molecule has 0 aromatic heterocycles. The van der Waals surface area contributed by atoms with Crippen molar-refractivity contribution in [3.05, 3.63) is 39.9 Å². The third-order valence-electron chi connectivity index (χ3n) is 2.72. The number of halogens is 1. The molecule has 0 bridgehead atoms. The van der Waals surface area contributed by atoms with E-state index in [2.05, 4.69) is 22.5 Å². The van der Waals surface area contributed by atoms with Crippen molar-refractivity contribution in [3.63, 3.8) is 0 Å². The maximum atomic E-state index is 12.5. The van der Waals surface area contributed by atoms with Crippen molar-refractivity contribution < 1.29 is 13.5 Å². The zero-order valence-electron chi connectivity index (χ0n) is 11.3. The highest BCUT2D eigenvalue weighted by Gasteiger charge is 2.24. The Hall–Kier alpha value is -0.690. The molecule has 1 aromatic rings. The van der Waals surface area contributed by atoms with Crippen LogP contribution in [0.3, 0.4) is 0 Å². The van der Waals surface area contributed by atoms with Crippen molar-refractivity contribution in [1.82, 2.24) is 4.31 Å². The molecule has 0 spiro atoms. The fourth-order valence-corrected chi connectivity index (χ4v) is 3.86. The molecule has 0 aliphatic carbocycles. The van der Waals surface area contributed by atoms with Crippen LogP contribution in [0.15, 0.2) is 33.7 Å². The summed E-state index contributed by atoms with van der Waals surface area (Å²) >= 11 is 3.32. The summed E-state index contributed by atoms with van der Waals surface area (Å²) in [4.78, 5) is 0.203. The minimum absolute atomic E-state index is 0.203. The first-order valence-electron chi connectivity index (χ1n) is 5.70. The zero-order valence-corrected chi connectivity index (χ0v) is 13.7. The molecular formula is C13H18BrNO3S. The van der Waals surface area contributed by atoms with Crippen LogP contribution in [0.5, 0.6) is 0 Å². The first-order chi connectivity index (χ1) is 8.70. The number of hydrogen-bond acceptors (Lipinski definition) is 3. The fraction of sp³-hybridized carbons (Fsp3) is 0.385. The van der Waals surface area contributed by atoms with Crippen molar-refractivity contribution in [2.75, 3.05) is 13.6 Å². The van der Waals surface area contributed by atoms with Crippen LogP contribution in [0.4, 0.5) is 0 Å². The second-order valence-corrected chi connectivity index (χ2v) is 7.44. The van der Waals surface area contributed by atoms with Gasteiger partial charge in [-0.3, -0.25) is 0 Å². The number of nitrogens with zero attached hydrogens (tertiary/aromatic N) is 1. The van der Waals surface area contributed by atoms with E-state index in [9.17, 15) is 13.5 Å². The molecule has 0 radical (unpaired) electrons. The fourth-order valence-electron chi connectivity index (χ4n) is 1.70. The summed E-state index contributed by atoms with van der Waals surface area (Å²) in [5.41, 5.74) is 1.95. The molecule has 6 heteroatoms. The minimum Gasteiger partial charge on any atom is -0.392 e. The standard InChI is InChI=1S/C13H18BrNO3S/c1-9(2)7-15(4)19(17,18)13-6-11(8-16)5-12(14)10(13)3/h5-6,16H,1,7-8H2,2-4H3. The highest BCUT2D eigenvalue weighted by Crippen LogP contribution is 2.27. The van der Waals surface area contributed by atoms with Crippen LogP contribution in [0.1, 0.15) is 18.1 Å². The summed E-state index contributed by atoms with van der Waals surface area (Å²) in [6.45, 7) is 7.29. The van der Waals surface area contributed by atoms with Gasteiger partial charge in [0, 0.05) is 18.1 Å². The molecule has 0 saturated carbocycles. The van der Waals surface area contributed by atoms with Gasteiger partial charge in [0.2, 0.25) is 10.0 Å². The largest absolute Gasteiger partial charge is 0.392 e. The minimum atomic E-state index is -3.59. The van der Waals surface area contributed by atoms with Gasteiger partial charge in [0.25, 0.3) is 0 Å². The van der Waals surface area contributed by atoms with Gasteiger partial charge in [0.1, 0.15) is 0 Å². The number of benzene rings is 1. The zero-order chi connectivity index (χ0) is 14.8. The number of aliphatic hydroxyl groups is 1. The van der Waals surface area contributed by atoms with Gasteiger partial charge in [-0.15, -0.1) is 0 Å². The molecule has 106 valence electrons. The topological polar surface area (TPSA) is 57.6 Å². The highest BCUT2D eigenvalue weighted by molar-refractivity contribution is 9.10. The van der Waals surface area contributed by atoms with Gasteiger partial charge in [-0.2, -0.15) is 4.31 Å².